The Balaban J connectivity index is 0.00000161. The lowest BCUT2D eigenvalue weighted by Crippen LogP contribution is -2.46. The molecule has 0 radical (unpaired) electrons. The van der Waals surface area contributed by atoms with E-state index < -0.39 is 0 Å². The second kappa shape index (κ2) is 6.83. The number of fused-ring (bicyclic) bond motifs is 1. The van der Waals surface area contributed by atoms with Crippen molar-refractivity contribution >= 4 is 24.4 Å². The average molecular weight is 311 g/mol. The third-order valence-electron chi connectivity index (χ3n) is 3.63. The van der Waals surface area contributed by atoms with Crippen molar-refractivity contribution in [3.8, 4) is 11.5 Å². The fraction of sp³-hybridized carbons (Fsp3) is 0.400. The summed E-state index contributed by atoms with van der Waals surface area (Å²) in [5.74, 6) is 1.56. The molecule has 1 fully saturated rings. The molecule has 2 heterocycles. The molecule has 1 amide bonds. The first-order valence-corrected chi connectivity index (χ1v) is 6.77. The van der Waals surface area contributed by atoms with E-state index >= 15 is 0 Å². The topological polar surface area (TPSA) is 42.0 Å². The molecule has 0 N–H and O–H groups in total. The van der Waals surface area contributed by atoms with Gasteiger partial charge in [0.25, 0.3) is 0 Å². The number of nitrogens with zero attached hydrogens (tertiary/aromatic N) is 2. The van der Waals surface area contributed by atoms with E-state index in [1.807, 2.05) is 29.2 Å². The molecule has 2 aliphatic rings. The fourth-order valence-electron chi connectivity index (χ4n) is 2.32. The molecule has 1 aromatic carbocycles. The Hall–Kier alpha value is -1.72. The third kappa shape index (κ3) is 3.68. The molecule has 21 heavy (non-hydrogen) atoms. The van der Waals surface area contributed by atoms with Gasteiger partial charge in [-0.2, -0.15) is 0 Å². The van der Waals surface area contributed by atoms with Crippen LogP contribution in [0.15, 0.2) is 24.3 Å². The Bertz CT molecular complexity index is 540. The number of hydrogen-bond donors (Lipinski definition) is 0. The molecule has 6 heteroatoms. The molecule has 1 saturated heterocycles. The van der Waals surface area contributed by atoms with Crippen LogP contribution in [0.5, 0.6) is 11.5 Å². The highest BCUT2D eigenvalue weighted by atomic mass is 35.5. The number of carbonyl (C=O) groups excluding carboxylic acids is 1. The number of carbonyl (C=O) groups is 1. The Kier molecular flexibility index (Phi) is 5.09. The second-order valence-corrected chi connectivity index (χ2v) is 5.07. The third-order valence-corrected chi connectivity index (χ3v) is 3.63. The number of hydrogen-bond acceptors (Lipinski definition) is 4. The van der Waals surface area contributed by atoms with Crippen molar-refractivity contribution in [1.82, 2.24) is 9.80 Å². The molecule has 1 aromatic rings. The molecule has 2 aliphatic heterocycles. The van der Waals surface area contributed by atoms with Gasteiger partial charge < -0.3 is 19.3 Å². The predicted octanol–water partition coefficient (Wildman–Crippen LogP) is 1.62. The van der Waals surface area contributed by atoms with Crippen LogP contribution in [-0.4, -0.2) is 55.7 Å². The molecule has 0 aromatic heterocycles. The van der Waals surface area contributed by atoms with Crippen molar-refractivity contribution in [3.05, 3.63) is 29.8 Å². The minimum Gasteiger partial charge on any atom is -0.454 e. The van der Waals surface area contributed by atoms with Crippen molar-refractivity contribution in [2.75, 3.05) is 40.0 Å². The number of halogens is 1. The van der Waals surface area contributed by atoms with Crippen molar-refractivity contribution in [2.24, 2.45) is 0 Å². The van der Waals surface area contributed by atoms with Gasteiger partial charge in [-0.3, -0.25) is 4.79 Å². The molecule has 0 aliphatic carbocycles. The summed E-state index contributed by atoms with van der Waals surface area (Å²) >= 11 is 0. The number of ether oxygens (including phenoxy) is 2. The van der Waals surface area contributed by atoms with E-state index in [0.717, 1.165) is 43.2 Å². The van der Waals surface area contributed by atoms with E-state index in [9.17, 15) is 4.79 Å². The highest BCUT2D eigenvalue weighted by molar-refractivity contribution is 5.92. The molecule has 0 unspecified atom stereocenters. The van der Waals surface area contributed by atoms with Crippen molar-refractivity contribution in [1.29, 1.82) is 0 Å². The van der Waals surface area contributed by atoms with E-state index in [0.29, 0.717) is 0 Å². The highest BCUT2D eigenvalue weighted by Crippen LogP contribution is 2.32. The standard InChI is InChI=1S/C15H18N2O3.ClH/c1-16-6-8-17(9-7-16)15(18)5-3-12-2-4-13-14(10-12)20-11-19-13;/h2-5,10H,6-9,11H2,1H3;1H. The number of amides is 1. The average Bonchev–Trinajstić information content (AvgIpc) is 2.93. The quantitative estimate of drug-likeness (QED) is 0.779. The molecule has 5 nitrogen and oxygen atoms in total. The van der Waals surface area contributed by atoms with Gasteiger partial charge in [0.1, 0.15) is 0 Å². The van der Waals surface area contributed by atoms with Gasteiger partial charge in [0.15, 0.2) is 11.5 Å². The summed E-state index contributed by atoms with van der Waals surface area (Å²) in [6.07, 6.45) is 3.45. The van der Waals surface area contributed by atoms with Gasteiger partial charge in [-0.1, -0.05) is 6.07 Å². The van der Waals surface area contributed by atoms with Crippen LogP contribution in [0.25, 0.3) is 6.08 Å². The molecule has 0 bridgehead atoms. The molecule has 114 valence electrons. The van der Waals surface area contributed by atoms with Gasteiger partial charge in [0, 0.05) is 32.3 Å². The summed E-state index contributed by atoms with van der Waals surface area (Å²) in [5, 5.41) is 0. The van der Waals surface area contributed by atoms with Crippen LogP contribution in [-0.2, 0) is 4.79 Å². The zero-order valence-corrected chi connectivity index (χ0v) is 12.8. The van der Waals surface area contributed by atoms with E-state index in [4.69, 9.17) is 9.47 Å². The van der Waals surface area contributed by atoms with Gasteiger partial charge >= 0.3 is 0 Å². The summed E-state index contributed by atoms with van der Waals surface area (Å²) in [7, 11) is 2.07. The molecule has 3 rings (SSSR count). The minimum atomic E-state index is 0. The zero-order chi connectivity index (χ0) is 13.9. The summed E-state index contributed by atoms with van der Waals surface area (Å²) in [5.41, 5.74) is 0.941. The van der Waals surface area contributed by atoms with Crippen LogP contribution in [0.1, 0.15) is 5.56 Å². The van der Waals surface area contributed by atoms with Crippen LogP contribution in [0.2, 0.25) is 0 Å². The van der Waals surface area contributed by atoms with Gasteiger partial charge in [-0.05, 0) is 30.8 Å². The molecular formula is C15H19ClN2O3. The number of rotatable bonds is 2. The smallest absolute Gasteiger partial charge is 0.246 e. The van der Waals surface area contributed by atoms with E-state index in [1.165, 1.54) is 0 Å². The molecule has 0 atom stereocenters. The van der Waals surface area contributed by atoms with E-state index in [-0.39, 0.29) is 25.1 Å². The Morgan fingerprint density at radius 2 is 1.86 bits per heavy atom. The van der Waals surface area contributed by atoms with Crippen LogP contribution in [0.4, 0.5) is 0 Å². The van der Waals surface area contributed by atoms with Crippen molar-refractivity contribution < 1.29 is 14.3 Å². The fourth-order valence-corrected chi connectivity index (χ4v) is 2.32. The maximum absolute atomic E-state index is 12.1. The Morgan fingerprint density at radius 3 is 2.62 bits per heavy atom. The monoisotopic (exact) mass is 310 g/mol. The van der Waals surface area contributed by atoms with Crippen LogP contribution >= 0.6 is 12.4 Å². The first-order valence-electron chi connectivity index (χ1n) is 6.77. The zero-order valence-electron chi connectivity index (χ0n) is 11.9. The SMILES string of the molecule is CN1CCN(C(=O)C=Cc2ccc3c(c2)OCO3)CC1.Cl. The summed E-state index contributed by atoms with van der Waals surface area (Å²) in [6, 6.07) is 5.67. The van der Waals surface area contributed by atoms with Gasteiger partial charge in [-0.15, -0.1) is 12.4 Å². The Labute approximate surface area is 130 Å². The number of piperazine rings is 1. The van der Waals surface area contributed by atoms with Crippen molar-refractivity contribution in [3.63, 3.8) is 0 Å². The summed E-state index contributed by atoms with van der Waals surface area (Å²) in [6.45, 7) is 3.72. The predicted molar refractivity (Wildman–Crippen MR) is 82.9 cm³/mol. The number of benzene rings is 1. The van der Waals surface area contributed by atoms with Crippen LogP contribution < -0.4 is 9.47 Å². The molecular weight excluding hydrogens is 292 g/mol. The lowest BCUT2D eigenvalue weighted by Gasteiger charge is -2.31. The van der Waals surface area contributed by atoms with Gasteiger partial charge in [0.05, 0.1) is 0 Å². The highest BCUT2D eigenvalue weighted by Gasteiger charge is 2.17. The summed E-state index contributed by atoms with van der Waals surface area (Å²) in [4.78, 5) is 16.2. The maximum atomic E-state index is 12.1. The normalized spacial score (nSPS) is 17.9. The maximum Gasteiger partial charge on any atom is 0.246 e. The first kappa shape index (κ1) is 15.7. The van der Waals surface area contributed by atoms with E-state index in [2.05, 4.69) is 11.9 Å². The van der Waals surface area contributed by atoms with E-state index in [1.54, 1.807) is 6.08 Å². The summed E-state index contributed by atoms with van der Waals surface area (Å²) < 4.78 is 10.6. The molecule has 0 spiro atoms. The lowest BCUT2D eigenvalue weighted by atomic mass is 10.2. The van der Waals surface area contributed by atoms with Crippen LogP contribution in [0, 0.1) is 0 Å². The van der Waals surface area contributed by atoms with Gasteiger partial charge in [-0.25, -0.2) is 0 Å². The molecule has 0 saturated carbocycles. The van der Waals surface area contributed by atoms with Crippen LogP contribution in [0.3, 0.4) is 0 Å². The first-order chi connectivity index (χ1) is 9.72. The second-order valence-electron chi connectivity index (χ2n) is 5.07. The largest absolute Gasteiger partial charge is 0.454 e. The van der Waals surface area contributed by atoms with Crippen molar-refractivity contribution in [2.45, 2.75) is 0 Å². The number of likely N-dealkylation sites (N-methyl/N-ethyl adjacent to an activating group) is 1. The lowest BCUT2D eigenvalue weighted by molar-refractivity contribution is -0.127. The Morgan fingerprint density at radius 1 is 1.14 bits per heavy atom. The van der Waals surface area contributed by atoms with Gasteiger partial charge in [0.2, 0.25) is 12.7 Å². The minimum absolute atomic E-state index is 0.